The van der Waals surface area contributed by atoms with E-state index in [1.807, 2.05) is 0 Å². The molecule has 0 atom stereocenters. The van der Waals surface area contributed by atoms with E-state index >= 15 is 0 Å². The number of pyridine rings is 1. The molecule has 0 aliphatic heterocycles. The zero-order valence-corrected chi connectivity index (χ0v) is 17.5. The molecule has 0 aliphatic carbocycles. The molecule has 0 aromatic carbocycles. The van der Waals surface area contributed by atoms with Gasteiger partial charge in [0, 0.05) is 34.1 Å². The van der Waals surface area contributed by atoms with Crippen molar-refractivity contribution in [3.63, 3.8) is 0 Å². The Labute approximate surface area is 165 Å². The number of esters is 1. The summed E-state index contributed by atoms with van der Waals surface area (Å²) in [6.07, 6.45) is 1.61. The largest absolute Gasteiger partial charge is 0.469 e. The minimum absolute atomic E-state index is 0.00981. The van der Waals surface area contributed by atoms with Crippen molar-refractivity contribution in [2.75, 3.05) is 27.4 Å². The van der Waals surface area contributed by atoms with Crippen molar-refractivity contribution in [3.8, 4) is 0 Å². The Bertz CT molecular complexity index is 588. The van der Waals surface area contributed by atoms with Gasteiger partial charge in [-0.3, -0.25) is 29.0 Å². The van der Waals surface area contributed by atoms with Crippen molar-refractivity contribution < 1.29 is 33.4 Å². The topological polar surface area (TPSA) is 129 Å². The summed E-state index contributed by atoms with van der Waals surface area (Å²) < 4.78 is 8.56. The van der Waals surface area contributed by atoms with E-state index < -0.39 is 0 Å². The molecule has 28 heavy (non-hydrogen) atoms. The summed E-state index contributed by atoms with van der Waals surface area (Å²) in [5, 5.41) is 2.36. The molecule has 158 valence electrons. The highest BCUT2D eigenvalue weighted by molar-refractivity contribution is 5.91. The second-order valence-electron chi connectivity index (χ2n) is 5.21. The average Bonchev–Trinajstić information content (AvgIpc) is 2.62. The molecule has 9 heteroatoms. The first-order valence-electron chi connectivity index (χ1n) is 8.16. The van der Waals surface area contributed by atoms with Crippen LogP contribution in [0.2, 0.25) is 0 Å². The van der Waals surface area contributed by atoms with Crippen molar-refractivity contribution in [1.82, 2.24) is 10.3 Å². The molecule has 1 N–H and O–H groups in total. The third-order valence-corrected chi connectivity index (χ3v) is 2.25. The standard InChI is InChI=1S/C7H7NO.C5H9NO2.C4H8O2.C3H6O2/c1-6(9)7-4-2-3-5-8-7;1-4(7)3-6-5(2)8;1-4(5)3-6-2;1-3(4)5-2/h2-5H,1H3;3H2,1-2H3,(H,6,8);3H2,1-2H3;1-2H3. The van der Waals surface area contributed by atoms with Crippen molar-refractivity contribution in [3.05, 3.63) is 30.1 Å². The molecule has 1 heterocycles. The van der Waals surface area contributed by atoms with Crippen LogP contribution in [0.1, 0.15) is 45.1 Å². The Balaban J connectivity index is -0.000000306. The molecular formula is C19H30N2O7. The first kappa shape index (κ1) is 29.8. The highest BCUT2D eigenvalue weighted by Crippen LogP contribution is 1.92. The maximum atomic E-state index is 10.6. The summed E-state index contributed by atoms with van der Waals surface area (Å²) >= 11 is 0. The van der Waals surface area contributed by atoms with Crippen LogP contribution in [0.4, 0.5) is 0 Å². The number of ether oxygens (including phenoxy) is 2. The lowest BCUT2D eigenvalue weighted by atomic mass is 10.3. The number of rotatable bonds is 5. The monoisotopic (exact) mass is 398 g/mol. The van der Waals surface area contributed by atoms with Gasteiger partial charge in [0.1, 0.15) is 18.1 Å². The molecule has 9 nitrogen and oxygen atoms in total. The molecule has 0 saturated carbocycles. The van der Waals surface area contributed by atoms with Crippen LogP contribution in [-0.4, -0.2) is 61.6 Å². The molecule has 1 aromatic heterocycles. The molecule has 0 bridgehead atoms. The zero-order chi connectivity index (χ0) is 22.5. The van der Waals surface area contributed by atoms with Gasteiger partial charge in [0.15, 0.2) is 11.6 Å². The van der Waals surface area contributed by atoms with E-state index in [0.29, 0.717) is 5.69 Å². The Morgan fingerprint density at radius 2 is 1.46 bits per heavy atom. The number of ketones is 3. The Morgan fingerprint density at radius 1 is 0.929 bits per heavy atom. The Hall–Kier alpha value is -2.94. The number of methoxy groups -OCH3 is 2. The molecule has 0 fully saturated rings. The lowest BCUT2D eigenvalue weighted by Crippen LogP contribution is -2.25. The molecular weight excluding hydrogens is 368 g/mol. The quantitative estimate of drug-likeness (QED) is 0.582. The highest BCUT2D eigenvalue weighted by Gasteiger charge is 1.95. The summed E-state index contributed by atoms with van der Waals surface area (Å²) in [5.41, 5.74) is 0.525. The Morgan fingerprint density at radius 3 is 1.61 bits per heavy atom. The predicted octanol–water partition coefficient (Wildman–Crippen LogP) is 1.40. The number of carbonyl (C=O) groups excluding carboxylic acids is 5. The van der Waals surface area contributed by atoms with E-state index in [1.54, 1.807) is 24.4 Å². The van der Waals surface area contributed by atoms with E-state index in [2.05, 4.69) is 19.8 Å². The summed E-state index contributed by atoms with van der Waals surface area (Å²) in [6.45, 7) is 7.54. The van der Waals surface area contributed by atoms with Crippen LogP contribution in [0, 0.1) is 0 Å². The van der Waals surface area contributed by atoms with Gasteiger partial charge in [0.05, 0.1) is 13.7 Å². The van der Waals surface area contributed by atoms with E-state index in [4.69, 9.17) is 0 Å². The summed E-state index contributed by atoms with van der Waals surface area (Å²) in [5.74, 6) is -0.362. The highest BCUT2D eigenvalue weighted by atomic mass is 16.5. The van der Waals surface area contributed by atoms with Gasteiger partial charge in [-0.15, -0.1) is 0 Å². The van der Waals surface area contributed by atoms with E-state index in [9.17, 15) is 24.0 Å². The van der Waals surface area contributed by atoms with Crippen molar-refractivity contribution in [2.45, 2.75) is 34.6 Å². The van der Waals surface area contributed by atoms with Crippen LogP contribution in [0.25, 0.3) is 0 Å². The van der Waals surface area contributed by atoms with Crippen LogP contribution in [0.3, 0.4) is 0 Å². The normalized spacial score (nSPS) is 8.25. The zero-order valence-electron chi connectivity index (χ0n) is 17.5. The van der Waals surface area contributed by atoms with Gasteiger partial charge >= 0.3 is 5.97 Å². The first-order chi connectivity index (χ1) is 13.0. The van der Waals surface area contributed by atoms with Gasteiger partial charge in [-0.2, -0.15) is 0 Å². The second-order valence-corrected chi connectivity index (χ2v) is 5.21. The maximum Gasteiger partial charge on any atom is 0.302 e. The van der Waals surface area contributed by atoms with E-state index in [1.165, 1.54) is 48.8 Å². The lowest BCUT2D eigenvalue weighted by molar-refractivity contribution is -0.138. The minimum Gasteiger partial charge on any atom is -0.469 e. The number of nitrogens with zero attached hydrogens (tertiary/aromatic N) is 1. The number of Topliss-reactive ketones (excluding diaryl/α,β-unsaturated/α-hetero) is 3. The molecule has 0 aliphatic rings. The van der Waals surface area contributed by atoms with Crippen molar-refractivity contribution in [1.29, 1.82) is 0 Å². The third-order valence-electron chi connectivity index (χ3n) is 2.25. The second kappa shape index (κ2) is 20.4. The fourth-order valence-corrected chi connectivity index (χ4v) is 1.02. The molecule has 0 unspecified atom stereocenters. The van der Waals surface area contributed by atoms with Crippen LogP contribution < -0.4 is 5.32 Å². The van der Waals surface area contributed by atoms with Gasteiger partial charge in [0.2, 0.25) is 5.91 Å². The van der Waals surface area contributed by atoms with Gasteiger partial charge in [-0.05, 0) is 26.0 Å². The summed E-state index contributed by atoms with van der Waals surface area (Å²) in [6, 6.07) is 5.28. The minimum atomic E-state index is -0.245. The van der Waals surface area contributed by atoms with E-state index in [0.717, 1.165) is 0 Å². The van der Waals surface area contributed by atoms with Crippen LogP contribution in [-0.2, 0) is 28.7 Å². The maximum absolute atomic E-state index is 10.6. The van der Waals surface area contributed by atoms with Crippen LogP contribution in [0.15, 0.2) is 24.4 Å². The predicted molar refractivity (Wildman–Crippen MR) is 104 cm³/mol. The molecule has 1 amide bonds. The van der Waals surface area contributed by atoms with Crippen molar-refractivity contribution in [2.24, 2.45) is 0 Å². The molecule has 1 rings (SSSR count). The number of hydrogen-bond acceptors (Lipinski definition) is 8. The molecule has 0 spiro atoms. The number of carbonyl (C=O) groups is 5. The number of amides is 1. The van der Waals surface area contributed by atoms with Gasteiger partial charge in [-0.25, -0.2) is 0 Å². The Kier molecular flexibility index (Phi) is 21.7. The number of nitrogens with one attached hydrogen (secondary N) is 1. The average molecular weight is 398 g/mol. The van der Waals surface area contributed by atoms with Crippen LogP contribution >= 0.6 is 0 Å². The summed E-state index contributed by atoms with van der Waals surface area (Å²) in [4.78, 5) is 54.1. The first-order valence-corrected chi connectivity index (χ1v) is 8.16. The van der Waals surface area contributed by atoms with Gasteiger partial charge in [0.25, 0.3) is 0 Å². The fraction of sp³-hybridized carbons (Fsp3) is 0.474. The molecule has 0 saturated heterocycles. The smallest absolute Gasteiger partial charge is 0.302 e. The summed E-state index contributed by atoms with van der Waals surface area (Å²) in [7, 11) is 2.85. The van der Waals surface area contributed by atoms with Gasteiger partial charge in [-0.1, -0.05) is 6.07 Å². The molecule has 0 radical (unpaired) electrons. The van der Waals surface area contributed by atoms with Crippen molar-refractivity contribution >= 4 is 29.2 Å². The number of aromatic nitrogens is 1. The van der Waals surface area contributed by atoms with E-state index in [-0.39, 0.29) is 42.4 Å². The lowest BCUT2D eigenvalue weighted by Gasteiger charge is -1.93. The number of hydrogen-bond donors (Lipinski definition) is 1. The van der Waals surface area contributed by atoms with Crippen LogP contribution in [0.5, 0.6) is 0 Å². The third kappa shape index (κ3) is 30.9. The SMILES string of the molecule is CC(=O)CNC(C)=O.CC(=O)c1ccccn1.COC(C)=O.COCC(C)=O. The fourth-order valence-electron chi connectivity index (χ4n) is 1.02. The molecule has 1 aromatic rings. The van der Waals surface area contributed by atoms with Gasteiger partial charge < -0.3 is 14.8 Å².